The normalized spacial score (nSPS) is 15.1. The highest BCUT2D eigenvalue weighted by atomic mass is 32.1. The summed E-state index contributed by atoms with van der Waals surface area (Å²) in [6, 6.07) is 50.7. The molecule has 0 bridgehead atoms. The van der Waals surface area contributed by atoms with Crippen molar-refractivity contribution in [1.82, 2.24) is 9.13 Å². The third kappa shape index (κ3) is 4.57. The molecule has 4 nitrogen and oxygen atoms in total. The molecular formula is C50H36N2O2S2. The maximum absolute atomic E-state index is 13.8. The number of hydrogen-bond acceptors (Lipinski definition) is 4. The minimum Gasteiger partial charge on any atom is -0.308 e. The molecule has 56 heavy (non-hydrogen) atoms. The van der Waals surface area contributed by atoms with E-state index in [4.69, 9.17) is 0 Å². The van der Waals surface area contributed by atoms with Gasteiger partial charge in [0, 0.05) is 44.5 Å². The van der Waals surface area contributed by atoms with E-state index in [0.717, 1.165) is 87.3 Å². The number of ketones is 2. The van der Waals surface area contributed by atoms with Crippen LogP contribution in [0.1, 0.15) is 81.8 Å². The molecule has 9 aromatic rings. The molecule has 0 spiro atoms. The number of fused-ring (bicyclic) bond motifs is 8. The summed E-state index contributed by atoms with van der Waals surface area (Å²) in [7, 11) is 0. The fraction of sp³-hybridized carbons (Fsp3) is 0.120. The largest absolute Gasteiger partial charge is 0.308 e. The van der Waals surface area contributed by atoms with E-state index in [0.29, 0.717) is 0 Å². The Balaban J connectivity index is 1.18. The quantitative estimate of drug-likeness (QED) is 0.165. The predicted octanol–water partition coefficient (Wildman–Crippen LogP) is 12.9. The highest BCUT2D eigenvalue weighted by Gasteiger charge is 2.38. The van der Waals surface area contributed by atoms with Gasteiger partial charge in [-0.15, -0.1) is 22.7 Å². The van der Waals surface area contributed by atoms with Gasteiger partial charge in [0.25, 0.3) is 0 Å². The molecule has 0 radical (unpaired) electrons. The Labute approximate surface area is 332 Å². The van der Waals surface area contributed by atoms with Crippen LogP contribution in [0.3, 0.4) is 0 Å². The molecule has 2 aromatic heterocycles. The number of carbonyl (C=O) groups is 2. The van der Waals surface area contributed by atoms with Gasteiger partial charge < -0.3 is 9.13 Å². The van der Waals surface area contributed by atoms with E-state index in [2.05, 4.69) is 134 Å². The third-order valence-electron chi connectivity index (χ3n) is 12.2. The summed E-state index contributed by atoms with van der Waals surface area (Å²) in [4.78, 5) is 27.7. The van der Waals surface area contributed by atoms with Crippen molar-refractivity contribution in [1.29, 1.82) is 0 Å². The Morgan fingerprint density at radius 2 is 0.750 bits per heavy atom. The molecule has 0 aliphatic heterocycles. The van der Waals surface area contributed by atoms with Crippen LogP contribution in [0.4, 0.5) is 0 Å². The van der Waals surface area contributed by atoms with Crippen molar-refractivity contribution in [3.05, 3.63) is 190 Å². The molecule has 270 valence electrons. The van der Waals surface area contributed by atoms with Crippen molar-refractivity contribution >= 4 is 75.1 Å². The molecule has 0 N–H and O–H groups in total. The zero-order chi connectivity index (χ0) is 38.1. The molecule has 0 atom stereocenters. The first kappa shape index (κ1) is 33.3. The average molecular weight is 761 g/mol. The average Bonchev–Trinajstić information content (AvgIpc) is 3.22. The number of para-hydroxylation sites is 2. The summed E-state index contributed by atoms with van der Waals surface area (Å²) in [5.74, 6) is 0.166. The van der Waals surface area contributed by atoms with E-state index in [1.54, 1.807) is 22.7 Å². The van der Waals surface area contributed by atoms with Gasteiger partial charge in [-0.05, 0) is 95.1 Å². The topological polar surface area (TPSA) is 44.0 Å². The fourth-order valence-electron chi connectivity index (χ4n) is 9.37. The molecule has 0 amide bonds. The Kier molecular flexibility index (Phi) is 6.96. The van der Waals surface area contributed by atoms with Gasteiger partial charge >= 0.3 is 0 Å². The van der Waals surface area contributed by atoms with Crippen molar-refractivity contribution in [2.24, 2.45) is 0 Å². The second kappa shape index (κ2) is 11.7. The number of hydrogen-bond donors (Lipinski definition) is 0. The molecule has 2 aliphatic rings. The Hall–Kier alpha value is -6.08. The number of nitrogens with zero attached hydrogens (tertiary/aromatic N) is 2. The smallest absolute Gasteiger partial charge is 0.193 e. The second-order valence-electron chi connectivity index (χ2n) is 16.1. The van der Waals surface area contributed by atoms with E-state index >= 15 is 0 Å². The lowest BCUT2D eigenvalue weighted by atomic mass is 9.68. The van der Waals surface area contributed by atoms with Gasteiger partial charge in [-0.2, -0.15) is 0 Å². The number of rotatable bonds is 2. The maximum Gasteiger partial charge on any atom is 0.193 e. The van der Waals surface area contributed by atoms with Gasteiger partial charge in [0.2, 0.25) is 0 Å². The standard InChI is InChI=1S/C50H36N2O2S2/c1-49(2)35-15-7-5-13-31(35)47(53)33-23-21-29(25-37(33)49)51-39-17-9-11-19-43(39)55-45-28-42-46(27-41(45)51)56-44-20-12-10-18-40(44)52(42)30-22-24-34-38(26-30)50(3,4)36-16-8-6-14-32(36)48(34)54/h5-28H,1-4H3. The second-order valence-corrected chi connectivity index (χ2v) is 18.2. The van der Waals surface area contributed by atoms with Crippen LogP contribution in [0, 0.1) is 0 Å². The molecule has 0 fully saturated rings. The van der Waals surface area contributed by atoms with Crippen molar-refractivity contribution < 1.29 is 9.59 Å². The highest BCUT2D eigenvalue weighted by molar-refractivity contribution is 7.25. The summed E-state index contributed by atoms with van der Waals surface area (Å²) in [6.07, 6.45) is 0. The summed E-state index contributed by atoms with van der Waals surface area (Å²) >= 11 is 3.58. The number of carbonyl (C=O) groups excluding carboxylic acids is 2. The lowest BCUT2D eigenvalue weighted by Gasteiger charge is -2.35. The Morgan fingerprint density at radius 3 is 1.20 bits per heavy atom. The Bertz CT molecular complexity index is 3040. The molecule has 0 saturated heterocycles. The van der Waals surface area contributed by atoms with E-state index < -0.39 is 0 Å². The van der Waals surface area contributed by atoms with Crippen LogP contribution in [-0.4, -0.2) is 20.7 Å². The monoisotopic (exact) mass is 760 g/mol. The molecule has 0 saturated carbocycles. The van der Waals surface area contributed by atoms with Crippen LogP contribution in [-0.2, 0) is 10.8 Å². The van der Waals surface area contributed by atoms with E-state index in [1.165, 1.54) is 9.40 Å². The third-order valence-corrected chi connectivity index (χ3v) is 14.4. The van der Waals surface area contributed by atoms with Crippen molar-refractivity contribution in [2.75, 3.05) is 0 Å². The lowest BCUT2D eigenvalue weighted by molar-refractivity contribution is 0.102. The van der Waals surface area contributed by atoms with Crippen LogP contribution in [0.15, 0.2) is 146 Å². The fourth-order valence-corrected chi connectivity index (χ4v) is 11.5. The van der Waals surface area contributed by atoms with Gasteiger partial charge in [0.1, 0.15) is 0 Å². The van der Waals surface area contributed by atoms with Crippen LogP contribution in [0.25, 0.3) is 52.2 Å². The zero-order valence-corrected chi connectivity index (χ0v) is 33.0. The summed E-state index contributed by atoms with van der Waals surface area (Å²) in [6.45, 7) is 8.91. The first-order chi connectivity index (χ1) is 27.1. The minimum absolute atomic E-state index is 0.0832. The van der Waals surface area contributed by atoms with Crippen LogP contribution >= 0.6 is 22.7 Å². The van der Waals surface area contributed by atoms with Crippen LogP contribution < -0.4 is 0 Å². The van der Waals surface area contributed by atoms with Gasteiger partial charge in [0.15, 0.2) is 11.6 Å². The zero-order valence-electron chi connectivity index (χ0n) is 31.4. The van der Waals surface area contributed by atoms with E-state index in [1.807, 2.05) is 48.5 Å². The molecule has 7 aromatic carbocycles. The number of benzene rings is 7. The molecule has 2 aliphatic carbocycles. The molecular weight excluding hydrogens is 725 g/mol. The van der Waals surface area contributed by atoms with Gasteiger partial charge in [-0.1, -0.05) is 100 Å². The van der Waals surface area contributed by atoms with Crippen molar-refractivity contribution in [3.63, 3.8) is 0 Å². The molecule has 2 heterocycles. The van der Waals surface area contributed by atoms with Crippen LogP contribution in [0.2, 0.25) is 0 Å². The predicted molar refractivity (Wildman–Crippen MR) is 233 cm³/mol. The van der Waals surface area contributed by atoms with Gasteiger partial charge in [-0.3, -0.25) is 9.59 Å². The Morgan fingerprint density at radius 1 is 0.375 bits per heavy atom. The van der Waals surface area contributed by atoms with E-state index in [9.17, 15) is 9.59 Å². The molecule has 0 unspecified atom stereocenters. The summed E-state index contributed by atoms with van der Waals surface area (Å²) in [5.41, 5.74) is 13.1. The van der Waals surface area contributed by atoms with Gasteiger partial charge in [0.05, 0.1) is 40.9 Å². The molecule has 6 heteroatoms. The van der Waals surface area contributed by atoms with Gasteiger partial charge in [-0.25, -0.2) is 0 Å². The lowest BCUT2D eigenvalue weighted by Crippen LogP contribution is -2.30. The molecule has 11 rings (SSSR count). The summed E-state index contributed by atoms with van der Waals surface area (Å²) < 4.78 is 9.38. The summed E-state index contributed by atoms with van der Waals surface area (Å²) in [5, 5.41) is 0. The van der Waals surface area contributed by atoms with Crippen molar-refractivity contribution in [2.45, 2.75) is 38.5 Å². The van der Waals surface area contributed by atoms with E-state index in [-0.39, 0.29) is 22.4 Å². The highest BCUT2D eigenvalue weighted by Crippen LogP contribution is 2.45. The maximum atomic E-state index is 13.8. The minimum atomic E-state index is -0.352. The first-order valence-electron chi connectivity index (χ1n) is 19.0. The number of aromatic nitrogens is 2. The first-order valence-corrected chi connectivity index (χ1v) is 20.6. The SMILES string of the molecule is CC1(C)c2ccccc2C(=O)c2ccc(-n3c4ccccc4sc4cc5c(cc43)sc3ccccc3n5-c3ccc4c(c3)C(C)(C)c3ccccc3C4=O)cc21. The van der Waals surface area contributed by atoms with Crippen molar-refractivity contribution in [3.8, 4) is 11.4 Å². The van der Waals surface area contributed by atoms with Crippen LogP contribution in [0.5, 0.6) is 0 Å².